The molecule has 2 rings (SSSR count). The Hall–Kier alpha value is -1.55. The van der Waals surface area contributed by atoms with Crippen molar-refractivity contribution in [3.05, 3.63) is 29.8 Å². The van der Waals surface area contributed by atoms with Crippen LogP contribution in [0.4, 0.5) is 0 Å². The number of hydrogen-bond donors (Lipinski definition) is 1. The van der Waals surface area contributed by atoms with E-state index in [0.717, 1.165) is 17.9 Å². The maximum atomic E-state index is 11.7. The average Bonchev–Trinajstić information content (AvgIpc) is 2.88. The molecule has 1 aromatic rings. The summed E-state index contributed by atoms with van der Waals surface area (Å²) in [7, 11) is 1.44. The highest BCUT2D eigenvalue weighted by Gasteiger charge is 2.34. The number of ether oxygens (including phenoxy) is 2. The highest BCUT2D eigenvalue weighted by Crippen LogP contribution is 2.30. The lowest BCUT2D eigenvalue weighted by Crippen LogP contribution is -2.22. The molecule has 18 heavy (non-hydrogen) atoms. The van der Waals surface area contributed by atoms with Crippen molar-refractivity contribution >= 4 is 5.97 Å². The van der Waals surface area contributed by atoms with Gasteiger partial charge in [0.2, 0.25) is 0 Å². The molecule has 0 aromatic heterocycles. The van der Waals surface area contributed by atoms with Gasteiger partial charge < -0.3 is 14.8 Å². The van der Waals surface area contributed by atoms with Crippen molar-refractivity contribution in [3.63, 3.8) is 0 Å². The smallest absolute Gasteiger partial charge is 0.310 e. The fourth-order valence-corrected chi connectivity index (χ4v) is 2.41. The molecule has 0 aliphatic carbocycles. The van der Waals surface area contributed by atoms with Crippen molar-refractivity contribution in [2.45, 2.75) is 12.8 Å². The Morgan fingerprint density at radius 3 is 2.67 bits per heavy atom. The number of benzene rings is 1. The topological polar surface area (TPSA) is 47.6 Å². The van der Waals surface area contributed by atoms with Crippen LogP contribution >= 0.6 is 0 Å². The van der Waals surface area contributed by atoms with Crippen LogP contribution in [0.3, 0.4) is 0 Å². The van der Waals surface area contributed by atoms with Crippen LogP contribution in [0, 0.1) is 5.92 Å². The van der Waals surface area contributed by atoms with E-state index in [4.69, 9.17) is 9.47 Å². The highest BCUT2D eigenvalue weighted by molar-refractivity contribution is 5.74. The fraction of sp³-hybridized carbons (Fsp3) is 0.500. The molecule has 4 nitrogen and oxygen atoms in total. The SMILES string of the molecule is CCOc1ccc([C@@H]2CNC[C@H]2C(=O)OC)cc1. The summed E-state index contributed by atoms with van der Waals surface area (Å²) in [6, 6.07) is 7.95. The van der Waals surface area contributed by atoms with E-state index in [-0.39, 0.29) is 17.8 Å². The van der Waals surface area contributed by atoms with Crippen LogP contribution in [0.5, 0.6) is 5.75 Å². The van der Waals surface area contributed by atoms with Crippen molar-refractivity contribution in [1.29, 1.82) is 0 Å². The van der Waals surface area contributed by atoms with Crippen molar-refractivity contribution in [2.75, 3.05) is 26.8 Å². The second kappa shape index (κ2) is 5.87. The molecule has 1 fully saturated rings. The molecule has 1 N–H and O–H groups in total. The average molecular weight is 249 g/mol. The van der Waals surface area contributed by atoms with Crippen LogP contribution in [-0.4, -0.2) is 32.8 Å². The Morgan fingerprint density at radius 1 is 1.33 bits per heavy atom. The van der Waals surface area contributed by atoms with Crippen LogP contribution in [0.2, 0.25) is 0 Å². The maximum absolute atomic E-state index is 11.7. The second-order valence-electron chi connectivity index (χ2n) is 4.40. The lowest BCUT2D eigenvalue weighted by molar-refractivity contribution is -0.145. The standard InChI is InChI=1S/C14H19NO3/c1-3-18-11-6-4-10(5-7-11)12-8-15-9-13(12)14(16)17-2/h4-7,12-13,15H,3,8-9H2,1-2H3/t12-,13+/m0/s1. The Kier molecular flexibility index (Phi) is 4.20. The van der Waals surface area contributed by atoms with E-state index in [2.05, 4.69) is 5.32 Å². The molecule has 1 saturated heterocycles. The first kappa shape index (κ1) is 12.9. The molecule has 1 aliphatic heterocycles. The number of carbonyl (C=O) groups is 1. The Labute approximate surface area is 107 Å². The van der Waals surface area contributed by atoms with E-state index in [1.54, 1.807) is 0 Å². The van der Waals surface area contributed by atoms with Gasteiger partial charge in [-0.3, -0.25) is 4.79 Å². The first-order chi connectivity index (χ1) is 8.76. The number of esters is 1. The van der Waals surface area contributed by atoms with Gasteiger partial charge in [-0.1, -0.05) is 12.1 Å². The van der Waals surface area contributed by atoms with Gasteiger partial charge in [0.1, 0.15) is 5.75 Å². The zero-order chi connectivity index (χ0) is 13.0. The number of nitrogens with one attached hydrogen (secondary N) is 1. The van der Waals surface area contributed by atoms with Crippen molar-refractivity contribution < 1.29 is 14.3 Å². The zero-order valence-corrected chi connectivity index (χ0v) is 10.8. The third-order valence-corrected chi connectivity index (χ3v) is 3.34. The minimum Gasteiger partial charge on any atom is -0.494 e. The summed E-state index contributed by atoms with van der Waals surface area (Å²) < 4.78 is 10.3. The van der Waals surface area contributed by atoms with E-state index < -0.39 is 0 Å². The molecule has 98 valence electrons. The van der Waals surface area contributed by atoms with Crippen molar-refractivity contribution in [3.8, 4) is 5.75 Å². The lowest BCUT2D eigenvalue weighted by Gasteiger charge is -2.17. The molecule has 4 heteroatoms. The van der Waals surface area contributed by atoms with Crippen LogP contribution in [0.25, 0.3) is 0 Å². The Bertz CT molecular complexity index is 402. The molecule has 1 aliphatic rings. The number of hydrogen-bond acceptors (Lipinski definition) is 4. The van der Waals surface area contributed by atoms with Gasteiger partial charge in [-0.15, -0.1) is 0 Å². The summed E-state index contributed by atoms with van der Waals surface area (Å²) >= 11 is 0. The van der Waals surface area contributed by atoms with Gasteiger partial charge in [0.05, 0.1) is 19.6 Å². The van der Waals surface area contributed by atoms with Crippen LogP contribution in [0.1, 0.15) is 18.4 Å². The first-order valence-corrected chi connectivity index (χ1v) is 6.27. The zero-order valence-electron chi connectivity index (χ0n) is 10.8. The van der Waals surface area contributed by atoms with E-state index in [9.17, 15) is 4.79 Å². The largest absolute Gasteiger partial charge is 0.494 e. The molecule has 0 spiro atoms. The monoisotopic (exact) mass is 249 g/mol. The molecular weight excluding hydrogens is 230 g/mol. The molecule has 0 bridgehead atoms. The van der Waals surface area contributed by atoms with Crippen LogP contribution in [-0.2, 0) is 9.53 Å². The molecule has 0 amide bonds. The molecular formula is C14H19NO3. The molecule has 0 saturated carbocycles. The fourth-order valence-electron chi connectivity index (χ4n) is 2.41. The van der Waals surface area contributed by atoms with Crippen molar-refractivity contribution in [2.24, 2.45) is 5.92 Å². The quantitative estimate of drug-likeness (QED) is 0.823. The Balaban J connectivity index is 2.12. The number of methoxy groups -OCH3 is 1. The summed E-state index contributed by atoms with van der Waals surface area (Å²) in [5, 5.41) is 3.24. The van der Waals surface area contributed by atoms with Gasteiger partial charge in [-0.05, 0) is 24.6 Å². The molecule has 0 radical (unpaired) electrons. The number of rotatable bonds is 4. The third-order valence-electron chi connectivity index (χ3n) is 3.34. The minimum absolute atomic E-state index is 0.0899. The van der Waals surface area contributed by atoms with E-state index in [1.807, 2.05) is 31.2 Å². The first-order valence-electron chi connectivity index (χ1n) is 6.27. The van der Waals surface area contributed by atoms with Gasteiger partial charge >= 0.3 is 5.97 Å². The molecule has 1 aromatic carbocycles. The summed E-state index contributed by atoms with van der Waals surface area (Å²) in [5.41, 5.74) is 1.15. The summed E-state index contributed by atoms with van der Waals surface area (Å²) in [6.45, 7) is 4.12. The van der Waals surface area contributed by atoms with Gasteiger partial charge in [0, 0.05) is 19.0 Å². The van der Waals surface area contributed by atoms with Gasteiger partial charge in [0.25, 0.3) is 0 Å². The minimum atomic E-state index is -0.140. The summed E-state index contributed by atoms with van der Waals surface area (Å²) in [6.07, 6.45) is 0. The molecule has 0 unspecified atom stereocenters. The summed E-state index contributed by atoms with van der Waals surface area (Å²) in [4.78, 5) is 11.7. The van der Waals surface area contributed by atoms with Crippen LogP contribution < -0.4 is 10.1 Å². The summed E-state index contributed by atoms with van der Waals surface area (Å²) in [5.74, 6) is 0.821. The van der Waals surface area contributed by atoms with Crippen molar-refractivity contribution in [1.82, 2.24) is 5.32 Å². The molecule has 1 heterocycles. The van der Waals surface area contributed by atoms with Crippen LogP contribution in [0.15, 0.2) is 24.3 Å². The molecule has 2 atom stereocenters. The predicted molar refractivity (Wildman–Crippen MR) is 68.7 cm³/mol. The van der Waals surface area contributed by atoms with E-state index in [0.29, 0.717) is 13.2 Å². The van der Waals surface area contributed by atoms with Gasteiger partial charge in [-0.25, -0.2) is 0 Å². The predicted octanol–water partition coefficient (Wildman–Crippen LogP) is 1.56. The normalized spacial score (nSPS) is 22.8. The lowest BCUT2D eigenvalue weighted by atomic mass is 9.89. The third kappa shape index (κ3) is 2.64. The maximum Gasteiger partial charge on any atom is 0.310 e. The second-order valence-corrected chi connectivity index (χ2v) is 4.40. The van der Waals surface area contributed by atoms with Gasteiger partial charge in [0.15, 0.2) is 0 Å². The van der Waals surface area contributed by atoms with Gasteiger partial charge in [-0.2, -0.15) is 0 Å². The highest BCUT2D eigenvalue weighted by atomic mass is 16.5. The Morgan fingerprint density at radius 2 is 2.06 bits per heavy atom. The van der Waals surface area contributed by atoms with E-state index in [1.165, 1.54) is 7.11 Å². The van der Waals surface area contributed by atoms with E-state index >= 15 is 0 Å². The number of carbonyl (C=O) groups excluding carboxylic acids is 1.